The number of allylic oxidation sites excluding steroid dienone is 3. The van der Waals surface area contributed by atoms with Gasteiger partial charge in [-0.3, -0.25) is 14.4 Å². The van der Waals surface area contributed by atoms with Gasteiger partial charge >= 0.3 is 5.97 Å². The summed E-state index contributed by atoms with van der Waals surface area (Å²) in [4.78, 5) is 34.5. The van der Waals surface area contributed by atoms with Crippen molar-refractivity contribution in [3.63, 3.8) is 0 Å². The number of esters is 1. The normalized spacial score (nSPS) is 25.4. The molecule has 1 fully saturated rings. The number of aldehydes is 1. The van der Waals surface area contributed by atoms with Crippen molar-refractivity contribution in [2.24, 2.45) is 5.92 Å². The minimum absolute atomic E-state index is 0.00678. The van der Waals surface area contributed by atoms with Gasteiger partial charge in [0, 0.05) is 19.3 Å². The average molecular weight is 379 g/mol. The summed E-state index contributed by atoms with van der Waals surface area (Å²) in [6.45, 7) is 9.67. The molecule has 0 aromatic heterocycles. The van der Waals surface area contributed by atoms with Crippen LogP contribution in [0.1, 0.15) is 73.1 Å². The Morgan fingerprint density at radius 1 is 1.33 bits per heavy atom. The van der Waals surface area contributed by atoms with Gasteiger partial charge in [-0.2, -0.15) is 0 Å². The lowest BCUT2D eigenvalue weighted by Crippen LogP contribution is -2.43. The number of carbonyl (C=O) groups excluding carboxylic acids is 3. The molecule has 3 atom stereocenters. The van der Waals surface area contributed by atoms with Gasteiger partial charge in [0.05, 0.1) is 6.61 Å². The maximum absolute atomic E-state index is 12.2. The molecular formula is C22H34O5. The van der Waals surface area contributed by atoms with Gasteiger partial charge in [-0.15, -0.1) is 0 Å². The van der Waals surface area contributed by atoms with Crippen molar-refractivity contribution in [2.75, 3.05) is 6.61 Å². The highest BCUT2D eigenvalue weighted by molar-refractivity contribution is 5.82. The third kappa shape index (κ3) is 8.21. The number of carbonyl (C=O) groups is 3. The standard InChI is InChI=1S/C22H34O5/c1-16(2)8-10-20(25)17(3)7-6-13-22(5)21(27-18(4)24)11-9-19(12-14-23)15-26-22/h8,12,14,17,21H,6-7,9-11,13,15H2,1-5H3/t17?,21-,22+/m1/s1. The fraction of sp³-hybridized carbons (Fsp3) is 0.682. The second-order valence-corrected chi connectivity index (χ2v) is 7.94. The van der Waals surface area contributed by atoms with Crippen LogP contribution in [0.2, 0.25) is 0 Å². The Labute approximate surface area is 163 Å². The molecule has 0 aliphatic carbocycles. The first-order valence-corrected chi connectivity index (χ1v) is 9.78. The van der Waals surface area contributed by atoms with Crippen LogP contribution in [0.3, 0.4) is 0 Å². The molecule has 0 bridgehead atoms. The van der Waals surface area contributed by atoms with Crippen molar-refractivity contribution in [1.82, 2.24) is 0 Å². The molecule has 0 saturated carbocycles. The molecule has 1 saturated heterocycles. The highest BCUT2D eigenvalue weighted by Crippen LogP contribution is 2.34. The Bertz CT molecular complexity index is 586. The second-order valence-electron chi connectivity index (χ2n) is 7.94. The highest BCUT2D eigenvalue weighted by atomic mass is 16.6. The van der Waals surface area contributed by atoms with Crippen LogP contribution in [0.4, 0.5) is 0 Å². The number of rotatable bonds is 9. The van der Waals surface area contributed by atoms with Crippen molar-refractivity contribution in [1.29, 1.82) is 0 Å². The summed E-state index contributed by atoms with van der Waals surface area (Å²) >= 11 is 0. The van der Waals surface area contributed by atoms with E-state index in [9.17, 15) is 14.4 Å². The molecule has 5 nitrogen and oxygen atoms in total. The topological polar surface area (TPSA) is 69.7 Å². The van der Waals surface area contributed by atoms with Crippen molar-refractivity contribution >= 4 is 18.0 Å². The number of hydrogen-bond acceptors (Lipinski definition) is 5. The van der Waals surface area contributed by atoms with Crippen LogP contribution in [0.5, 0.6) is 0 Å². The lowest BCUT2D eigenvalue weighted by molar-refractivity contribution is -0.167. The van der Waals surface area contributed by atoms with Gasteiger partial charge in [0.1, 0.15) is 23.8 Å². The number of ketones is 1. The van der Waals surface area contributed by atoms with E-state index in [1.54, 1.807) is 0 Å². The van der Waals surface area contributed by atoms with E-state index >= 15 is 0 Å². The van der Waals surface area contributed by atoms with Crippen LogP contribution in [-0.4, -0.2) is 36.4 Å². The number of hydrogen-bond donors (Lipinski definition) is 0. The van der Waals surface area contributed by atoms with Gasteiger partial charge in [-0.05, 0) is 64.5 Å². The van der Waals surface area contributed by atoms with E-state index < -0.39 is 5.60 Å². The molecule has 0 N–H and O–H groups in total. The molecule has 0 aromatic rings. The van der Waals surface area contributed by atoms with E-state index in [0.717, 1.165) is 30.3 Å². The molecule has 1 unspecified atom stereocenters. The first-order chi connectivity index (χ1) is 12.7. The molecule has 1 aliphatic rings. The third-order valence-electron chi connectivity index (χ3n) is 5.18. The molecular weight excluding hydrogens is 344 g/mol. The van der Waals surface area contributed by atoms with E-state index in [1.807, 2.05) is 33.8 Å². The zero-order chi connectivity index (χ0) is 20.4. The number of Topliss-reactive ketones (excluding diaryl/α,β-unsaturated/α-hetero) is 1. The average Bonchev–Trinajstić information content (AvgIpc) is 2.73. The van der Waals surface area contributed by atoms with Gasteiger partial charge < -0.3 is 9.47 Å². The van der Waals surface area contributed by atoms with Crippen molar-refractivity contribution in [2.45, 2.75) is 84.8 Å². The molecule has 1 rings (SSSR count). The molecule has 0 radical (unpaired) electrons. The summed E-state index contributed by atoms with van der Waals surface area (Å²) in [5.41, 5.74) is 1.45. The summed E-state index contributed by atoms with van der Waals surface area (Å²) in [5.74, 6) is -0.0912. The van der Waals surface area contributed by atoms with Gasteiger partial charge in [0.15, 0.2) is 0 Å². The highest BCUT2D eigenvalue weighted by Gasteiger charge is 2.39. The van der Waals surface area contributed by atoms with Crippen LogP contribution in [0, 0.1) is 5.92 Å². The van der Waals surface area contributed by atoms with E-state index in [0.29, 0.717) is 32.3 Å². The summed E-state index contributed by atoms with van der Waals surface area (Å²) in [7, 11) is 0. The van der Waals surface area contributed by atoms with Crippen LogP contribution >= 0.6 is 0 Å². The summed E-state index contributed by atoms with van der Waals surface area (Å²) in [6, 6.07) is 0. The SMILES string of the molecule is CC(=O)O[C@@H]1CCC(=CC=O)CO[C@@]1(C)CCCC(C)C(=O)CC=C(C)C. The lowest BCUT2D eigenvalue weighted by Gasteiger charge is -2.35. The minimum Gasteiger partial charge on any atom is -0.459 e. The fourth-order valence-corrected chi connectivity index (χ4v) is 3.32. The Balaban J connectivity index is 2.70. The smallest absolute Gasteiger partial charge is 0.303 e. The quantitative estimate of drug-likeness (QED) is 0.258. The lowest BCUT2D eigenvalue weighted by atomic mass is 9.87. The van der Waals surface area contributed by atoms with Gasteiger partial charge in [-0.1, -0.05) is 18.6 Å². The molecule has 27 heavy (non-hydrogen) atoms. The summed E-state index contributed by atoms with van der Waals surface area (Å²) in [5, 5.41) is 0. The largest absolute Gasteiger partial charge is 0.459 e. The van der Waals surface area contributed by atoms with Crippen LogP contribution in [0.15, 0.2) is 23.3 Å². The van der Waals surface area contributed by atoms with Crippen LogP contribution in [0.25, 0.3) is 0 Å². The molecule has 1 heterocycles. The Hall–Kier alpha value is -1.75. The fourth-order valence-electron chi connectivity index (χ4n) is 3.32. The van der Waals surface area contributed by atoms with Crippen molar-refractivity contribution in [3.05, 3.63) is 23.3 Å². The molecule has 0 amide bonds. The van der Waals surface area contributed by atoms with Gasteiger partial charge in [-0.25, -0.2) is 0 Å². The first kappa shape index (κ1) is 23.3. The third-order valence-corrected chi connectivity index (χ3v) is 5.18. The van der Waals surface area contributed by atoms with E-state index in [-0.39, 0.29) is 23.8 Å². The predicted octanol–water partition coefficient (Wildman–Crippen LogP) is 4.34. The summed E-state index contributed by atoms with van der Waals surface area (Å²) < 4.78 is 11.6. The van der Waals surface area contributed by atoms with E-state index in [4.69, 9.17) is 9.47 Å². The first-order valence-electron chi connectivity index (χ1n) is 9.78. The van der Waals surface area contributed by atoms with Crippen molar-refractivity contribution in [3.8, 4) is 0 Å². The maximum atomic E-state index is 12.2. The predicted molar refractivity (Wildman–Crippen MR) is 105 cm³/mol. The van der Waals surface area contributed by atoms with E-state index in [1.165, 1.54) is 13.0 Å². The molecule has 152 valence electrons. The van der Waals surface area contributed by atoms with Gasteiger partial charge in [0.25, 0.3) is 0 Å². The maximum Gasteiger partial charge on any atom is 0.303 e. The van der Waals surface area contributed by atoms with Gasteiger partial charge in [0.2, 0.25) is 0 Å². The Morgan fingerprint density at radius 2 is 2.04 bits per heavy atom. The molecule has 5 heteroatoms. The van der Waals surface area contributed by atoms with Crippen LogP contribution in [-0.2, 0) is 23.9 Å². The molecule has 0 spiro atoms. The van der Waals surface area contributed by atoms with Crippen molar-refractivity contribution < 1.29 is 23.9 Å². The second kappa shape index (κ2) is 11.2. The minimum atomic E-state index is -0.618. The zero-order valence-corrected chi connectivity index (χ0v) is 17.4. The Kier molecular flexibility index (Phi) is 9.64. The Morgan fingerprint density at radius 3 is 2.63 bits per heavy atom. The summed E-state index contributed by atoms with van der Waals surface area (Å²) in [6.07, 6.45) is 7.96. The van der Waals surface area contributed by atoms with E-state index in [2.05, 4.69) is 0 Å². The van der Waals surface area contributed by atoms with Crippen LogP contribution < -0.4 is 0 Å². The monoisotopic (exact) mass is 378 g/mol. The zero-order valence-electron chi connectivity index (χ0n) is 17.4. The number of ether oxygens (including phenoxy) is 2. The molecule has 0 aromatic carbocycles. The molecule has 1 aliphatic heterocycles.